The van der Waals surface area contributed by atoms with E-state index in [2.05, 4.69) is 10.5 Å². The average Bonchev–Trinajstić information content (AvgIpc) is 2.53. The second kappa shape index (κ2) is 7.19. The van der Waals surface area contributed by atoms with Gasteiger partial charge in [-0.3, -0.25) is 4.79 Å². The highest BCUT2D eigenvalue weighted by molar-refractivity contribution is 7.99. The lowest BCUT2D eigenvalue weighted by atomic mass is 10.0. The molecule has 1 amide bonds. The second-order valence-electron chi connectivity index (χ2n) is 4.83. The van der Waals surface area contributed by atoms with Crippen LogP contribution in [-0.4, -0.2) is 35.0 Å². The molecular formula is C14H19N3O2S. The topological polar surface area (TPSA) is 87.7 Å². The molecule has 1 saturated heterocycles. The van der Waals surface area contributed by atoms with Crippen LogP contribution in [0.3, 0.4) is 0 Å². The maximum atomic E-state index is 12.1. The quantitative estimate of drug-likeness (QED) is 0.341. The van der Waals surface area contributed by atoms with E-state index in [4.69, 9.17) is 10.9 Å². The Kier molecular flexibility index (Phi) is 5.29. The first-order valence-electron chi connectivity index (χ1n) is 6.64. The number of thioether (sulfide) groups is 1. The van der Waals surface area contributed by atoms with E-state index in [9.17, 15) is 4.79 Å². The van der Waals surface area contributed by atoms with Crippen LogP contribution in [-0.2, 0) is 0 Å². The molecule has 0 aromatic heterocycles. The molecule has 20 heavy (non-hydrogen) atoms. The van der Waals surface area contributed by atoms with Gasteiger partial charge in [0.25, 0.3) is 5.91 Å². The van der Waals surface area contributed by atoms with Crippen molar-refractivity contribution in [2.45, 2.75) is 12.8 Å². The maximum Gasteiger partial charge on any atom is 0.251 e. The van der Waals surface area contributed by atoms with Crippen molar-refractivity contribution in [2.24, 2.45) is 16.8 Å². The summed E-state index contributed by atoms with van der Waals surface area (Å²) in [7, 11) is 0. The second-order valence-corrected chi connectivity index (χ2v) is 6.06. The summed E-state index contributed by atoms with van der Waals surface area (Å²) >= 11 is 1.97. The van der Waals surface area contributed by atoms with Crippen molar-refractivity contribution in [1.82, 2.24) is 5.32 Å². The van der Waals surface area contributed by atoms with Crippen molar-refractivity contribution in [3.05, 3.63) is 35.4 Å². The minimum Gasteiger partial charge on any atom is -0.409 e. The number of nitrogens with two attached hydrogens (primary N) is 1. The highest BCUT2D eigenvalue weighted by Gasteiger charge is 2.15. The van der Waals surface area contributed by atoms with Gasteiger partial charge in [0, 0.05) is 17.7 Å². The van der Waals surface area contributed by atoms with E-state index >= 15 is 0 Å². The van der Waals surface area contributed by atoms with Crippen molar-refractivity contribution in [1.29, 1.82) is 0 Å². The molecule has 2 rings (SSSR count). The summed E-state index contributed by atoms with van der Waals surface area (Å²) in [5.41, 5.74) is 6.58. The van der Waals surface area contributed by atoms with E-state index in [0.29, 0.717) is 23.6 Å². The van der Waals surface area contributed by atoms with Crippen LogP contribution >= 0.6 is 11.8 Å². The van der Waals surface area contributed by atoms with Crippen molar-refractivity contribution >= 4 is 23.5 Å². The number of carbonyl (C=O) groups excluding carboxylic acids is 1. The van der Waals surface area contributed by atoms with Crippen molar-refractivity contribution in [3.63, 3.8) is 0 Å². The Morgan fingerprint density at radius 1 is 1.40 bits per heavy atom. The molecule has 6 heteroatoms. The molecule has 1 aliphatic rings. The smallest absolute Gasteiger partial charge is 0.251 e. The zero-order chi connectivity index (χ0) is 14.4. The summed E-state index contributed by atoms with van der Waals surface area (Å²) in [6, 6.07) is 6.77. The first-order chi connectivity index (χ1) is 9.70. The number of carbonyl (C=O) groups is 1. The Labute approximate surface area is 122 Å². The number of oxime groups is 1. The molecule has 1 aromatic carbocycles. The van der Waals surface area contributed by atoms with Crippen LogP contribution in [0.25, 0.3) is 0 Å². The largest absolute Gasteiger partial charge is 0.409 e. The molecule has 1 aliphatic heterocycles. The molecule has 0 unspecified atom stereocenters. The fraction of sp³-hybridized carbons (Fsp3) is 0.429. The van der Waals surface area contributed by atoms with Crippen LogP contribution in [0.4, 0.5) is 0 Å². The number of nitrogens with one attached hydrogen (secondary N) is 1. The average molecular weight is 293 g/mol. The van der Waals surface area contributed by atoms with E-state index in [1.807, 2.05) is 11.8 Å². The van der Waals surface area contributed by atoms with Gasteiger partial charge in [0.15, 0.2) is 5.84 Å². The van der Waals surface area contributed by atoms with E-state index < -0.39 is 0 Å². The standard InChI is InChI=1S/C14H19N3O2S/c15-13(17-19)11-2-1-3-12(8-11)14(18)16-9-10-4-6-20-7-5-10/h1-3,8,10,19H,4-7,9H2,(H2,15,17)(H,16,18). The first-order valence-corrected chi connectivity index (χ1v) is 7.80. The van der Waals surface area contributed by atoms with Gasteiger partial charge in [-0.15, -0.1) is 0 Å². The lowest BCUT2D eigenvalue weighted by molar-refractivity contribution is 0.0946. The number of rotatable bonds is 4. The molecule has 0 saturated carbocycles. The molecule has 0 spiro atoms. The summed E-state index contributed by atoms with van der Waals surface area (Å²) in [6.45, 7) is 0.715. The first kappa shape index (κ1) is 14.7. The summed E-state index contributed by atoms with van der Waals surface area (Å²) in [4.78, 5) is 12.1. The third-order valence-corrected chi connectivity index (χ3v) is 4.47. The molecule has 1 fully saturated rings. The number of amides is 1. The number of hydrogen-bond acceptors (Lipinski definition) is 4. The lowest BCUT2D eigenvalue weighted by Crippen LogP contribution is -2.31. The third-order valence-electron chi connectivity index (χ3n) is 3.42. The van der Waals surface area contributed by atoms with Crippen molar-refractivity contribution in [2.75, 3.05) is 18.1 Å². The molecule has 0 aliphatic carbocycles. The Morgan fingerprint density at radius 3 is 2.80 bits per heavy atom. The Balaban J connectivity index is 1.94. The molecule has 108 valence electrons. The van der Waals surface area contributed by atoms with Gasteiger partial charge >= 0.3 is 0 Å². The van der Waals surface area contributed by atoms with Crippen LogP contribution in [0.1, 0.15) is 28.8 Å². The molecule has 0 radical (unpaired) electrons. The van der Waals surface area contributed by atoms with Gasteiger partial charge < -0.3 is 16.3 Å². The van der Waals surface area contributed by atoms with Crippen molar-refractivity contribution < 1.29 is 10.0 Å². The summed E-state index contributed by atoms with van der Waals surface area (Å²) in [5.74, 6) is 2.83. The lowest BCUT2D eigenvalue weighted by Gasteiger charge is -2.21. The fourth-order valence-electron chi connectivity index (χ4n) is 2.17. The van der Waals surface area contributed by atoms with E-state index in [-0.39, 0.29) is 11.7 Å². The number of amidine groups is 1. The van der Waals surface area contributed by atoms with Gasteiger partial charge in [-0.25, -0.2) is 0 Å². The van der Waals surface area contributed by atoms with Crippen LogP contribution < -0.4 is 11.1 Å². The van der Waals surface area contributed by atoms with Gasteiger partial charge in [-0.1, -0.05) is 17.3 Å². The van der Waals surface area contributed by atoms with Crippen LogP contribution in [0, 0.1) is 5.92 Å². The SMILES string of the molecule is N/C(=N/O)c1cccc(C(=O)NCC2CCSCC2)c1. The molecule has 5 nitrogen and oxygen atoms in total. The van der Waals surface area contributed by atoms with Gasteiger partial charge in [0.05, 0.1) is 0 Å². The predicted octanol–water partition coefficient (Wildman–Crippen LogP) is 1.65. The highest BCUT2D eigenvalue weighted by Crippen LogP contribution is 2.21. The van der Waals surface area contributed by atoms with Crippen LogP contribution in [0.2, 0.25) is 0 Å². The number of nitrogens with zero attached hydrogens (tertiary/aromatic N) is 1. The fourth-order valence-corrected chi connectivity index (χ4v) is 3.37. The minimum absolute atomic E-state index is 0.00366. The van der Waals surface area contributed by atoms with Gasteiger partial charge in [-0.05, 0) is 42.4 Å². The number of hydrogen-bond donors (Lipinski definition) is 3. The van der Waals surface area contributed by atoms with Gasteiger partial charge in [0.1, 0.15) is 0 Å². The normalized spacial score (nSPS) is 16.9. The summed E-state index contributed by atoms with van der Waals surface area (Å²) in [5, 5.41) is 14.6. The van der Waals surface area contributed by atoms with Crippen LogP contribution in [0.5, 0.6) is 0 Å². The third kappa shape index (κ3) is 3.90. The zero-order valence-corrected chi connectivity index (χ0v) is 12.0. The molecule has 1 heterocycles. The Morgan fingerprint density at radius 2 is 2.10 bits per heavy atom. The van der Waals surface area contributed by atoms with Crippen molar-refractivity contribution in [3.8, 4) is 0 Å². The summed E-state index contributed by atoms with van der Waals surface area (Å²) < 4.78 is 0. The minimum atomic E-state index is -0.115. The van der Waals surface area contributed by atoms with Gasteiger partial charge in [-0.2, -0.15) is 11.8 Å². The van der Waals surface area contributed by atoms with E-state index in [1.54, 1.807) is 24.3 Å². The molecule has 1 aromatic rings. The highest BCUT2D eigenvalue weighted by atomic mass is 32.2. The Bertz CT molecular complexity index is 499. The maximum absolute atomic E-state index is 12.1. The zero-order valence-electron chi connectivity index (χ0n) is 11.2. The molecule has 4 N–H and O–H groups in total. The predicted molar refractivity (Wildman–Crippen MR) is 81.3 cm³/mol. The molecular weight excluding hydrogens is 274 g/mol. The monoisotopic (exact) mass is 293 g/mol. The van der Waals surface area contributed by atoms with E-state index in [0.717, 1.165) is 12.8 Å². The number of benzene rings is 1. The van der Waals surface area contributed by atoms with Crippen LogP contribution in [0.15, 0.2) is 29.4 Å². The van der Waals surface area contributed by atoms with Gasteiger partial charge in [0.2, 0.25) is 0 Å². The molecule has 0 bridgehead atoms. The summed E-state index contributed by atoms with van der Waals surface area (Å²) in [6.07, 6.45) is 2.32. The molecule has 0 atom stereocenters. The Hall–Kier alpha value is -1.69. The van der Waals surface area contributed by atoms with E-state index in [1.165, 1.54) is 11.5 Å².